The predicted molar refractivity (Wildman–Crippen MR) is 83.6 cm³/mol. The first-order chi connectivity index (χ1) is 10.8. The van der Waals surface area contributed by atoms with Gasteiger partial charge in [0.05, 0.1) is 12.3 Å². The smallest absolute Gasteiger partial charge is 0.317 e. The monoisotopic (exact) mass is 341 g/mol. The molecule has 23 heavy (non-hydrogen) atoms. The maximum absolute atomic E-state index is 13.1. The van der Waals surface area contributed by atoms with Gasteiger partial charge in [0.25, 0.3) is 0 Å². The Morgan fingerprint density at radius 3 is 2.83 bits per heavy atom. The molecule has 3 atom stereocenters. The SMILES string of the molecule is CS(=O)(=O)NC1CC2CC1N(C(=O)NCc1cccc(F)c1)C2. The molecule has 1 aromatic rings. The highest BCUT2D eigenvalue weighted by molar-refractivity contribution is 7.88. The molecule has 2 amide bonds. The normalized spacial score (nSPS) is 26.5. The number of hydrogen-bond donors (Lipinski definition) is 2. The molecule has 1 saturated heterocycles. The number of amides is 2. The Labute approximate surface area is 135 Å². The highest BCUT2D eigenvalue weighted by Crippen LogP contribution is 2.38. The van der Waals surface area contributed by atoms with Crippen LogP contribution in [0.3, 0.4) is 0 Å². The van der Waals surface area contributed by atoms with Crippen LogP contribution in [0.25, 0.3) is 0 Å². The van der Waals surface area contributed by atoms with E-state index in [1.165, 1.54) is 12.1 Å². The summed E-state index contributed by atoms with van der Waals surface area (Å²) in [5.41, 5.74) is 0.688. The topological polar surface area (TPSA) is 78.5 Å². The fourth-order valence-electron chi connectivity index (χ4n) is 3.59. The van der Waals surface area contributed by atoms with Crippen molar-refractivity contribution in [3.05, 3.63) is 35.6 Å². The summed E-state index contributed by atoms with van der Waals surface area (Å²) >= 11 is 0. The molecule has 1 aliphatic heterocycles. The number of carbonyl (C=O) groups is 1. The van der Waals surface area contributed by atoms with Crippen molar-refractivity contribution in [1.82, 2.24) is 14.9 Å². The van der Waals surface area contributed by atoms with E-state index >= 15 is 0 Å². The van der Waals surface area contributed by atoms with Crippen molar-refractivity contribution < 1.29 is 17.6 Å². The minimum atomic E-state index is -3.29. The van der Waals surface area contributed by atoms with Crippen LogP contribution in [0.4, 0.5) is 9.18 Å². The molecule has 8 heteroatoms. The molecule has 1 saturated carbocycles. The molecule has 6 nitrogen and oxygen atoms in total. The van der Waals surface area contributed by atoms with Crippen molar-refractivity contribution in [1.29, 1.82) is 0 Å². The van der Waals surface area contributed by atoms with Gasteiger partial charge in [-0.3, -0.25) is 0 Å². The maximum atomic E-state index is 13.1. The van der Waals surface area contributed by atoms with Gasteiger partial charge in [0.2, 0.25) is 10.0 Å². The minimum Gasteiger partial charge on any atom is -0.334 e. The number of likely N-dealkylation sites (tertiary alicyclic amines) is 1. The molecule has 2 fully saturated rings. The van der Waals surface area contributed by atoms with E-state index in [9.17, 15) is 17.6 Å². The van der Waals surface area contributed by atoms with Crippen LogP contribution >= 0.6 is 0 Å². The molecule has 2 aliphatic rings. The summed E-state index contributed by atoms with van der Waals surface area (Å²) in [4.78, 5) is 14.0. The van der Waals surface area contributed by atoms with Gasteiger partial charge in [0.1, 0.15) is 5.82 Å². The fourth-order valence-corrected chi connectivity index (χ4v) is 4.39. The standard InChI is InChI=1S/C15H20FN3O3S/c1-23(21,22)18-13-6-11-7-14(13)19(9-11)15(20)17-8-10-3-2-4-12(16)5-10/h2-5,11,13-14,18H,6-9H2,1H3,(H,17,20). The van der Waals surface area contributed by atoms with Crippen molar-refractivity contribution in [2.24, 2.45) is 5.92 Å². The lowest BCUT2D eigenvalue weighted by molar-refractivity contribution is 0.170. The van der Waals surface area contributed by atoms with Crippen molar-refractivity contribution in [2.45, 2.75) is 31.5 Å². The average molecular weight is 341 g/mol. The van der Waals surface area contributed by atoms with Crippen molar-refractivity contribution in [3.8, 4) is 0 Å². The van der Waals surface area contributed by atoms with Crippen LogP contribution in [0.15, 0.2) is 24.3 Å². The van der Waals surface area contributed by atoms with E-state index in [1.807, 2.05) is 0 Å². The van der Waals surface area contributed by atoms with Gasteiger partial charge in [0.15, 0.2) is 0 Å². The maximum Gasteiger partial charge on any atom is 0.317 e. The number of nitrogens with one attached hydrogen (secondary N) is 2. The zero-order chi connectivity index (χ0) is 16.6. The van der Waals surface area contributed by atoms with E-state index in [1.54, 1.807) is 17.0 Å². The Morgan fingerprint density at radius 1 is 1.39 bits per heavy atom. The van der Waals surface area contributed by atoms with Crippen LogP contribution in [-0.4, -0.2) is 44.2 Å². The first-order valence-electron chi connectivity index (χ1n) is 7.58. The van der Waals surface area contributed by atoms with Crippen LogP contribution in [0.1, 0.15) is 18.4 Å². The van der Waals surface area contributed by atoms with Crippen molar-refractivity contribution in [3.63, 3.8) is 0 Å². The lowest BCUT2D eigenvalue weighted by atomic mass is 10.1. The van der Waals surface area contributed by atoms with Crippen LogP contribution in [0, 0.1) is 11.7 Å². The summed E-state index contributed by atoms with van der Waals surface area (Å²) in [5.74, 6) is -0.00596. The molecule has 2 bridgehead atoms. The Kier molecular flexibility index (Phi) is 4.29. The molecule has 3 unspecified atom stereocenters. The highest BCUT2D eigenvalue weighted by Gasteiger charge is 2.47. The average Bonchev–Trinajstić information content (AvgIpc) is 3.02. The van der Waals surface area contributed by atoms with Crippen molar-refractivity contribution >= 4 is 16.1 Å². The molecule has 1 heterocycles. The molecule has 0 spiro atoms. The number of piperidine rings is 1. The Hall–Kier alpha value is -1.67. The zero-order valence-corrected chi connectivity index (χ0v) is 13.6. The Bertz CT molecular complexity index is 710. The van der Waals surface area contributed by atoms with Crippen LogP contribution in [-0.2, 0) is 16.6 Å². The lowest BCUT2D eigenvalue weighted by Gasteiger charge is -2.33. The molecule has 0 radical (unpaired) electrons. The second-order valence-electron chi connectivity index (χ2n) is 6.34. The van der Waals surface area contributed by atoms with Crippen LogP contribution in [0.5, 0.6) is 0 Å². The van der Waals surface area contributed by atoms with Crippen LogP contribution in [0.2, 0.25) is 0 Å². The van der Waals surface area contributed by atoms with Crippen molar-refractivity contribution in [2.75, 3.05) is 12.8 Å². The van der Waals surface area contributed by atoms with E-state index in [4.69, 9.17) is 0 Å². The summed E-state index contributed by atoms with van der Waals surface area (Å²) in [6, 6.07) is 5.51. The second kappa shape index (κ2) is 6.09. The van der Waals surface area contributed by atoms with Gasteiger partial charge in [-0.15, -0.1) is 0 Å². The van der Waals surface area contributed by atoms with E-state index in [0.29, 0.717) is 18.0 Å². The van der Waals surface area contributed by atoms with Gasteiger partial charge in [-0.05, 0) is 36.5 Å². The molecule has 1 aromatic carbocycles. The molecule has 0 aromatic heterocycles. The highest BCUT2D eigenvalue weighted by atomic mass is 32.2. The number of carbonyl (C=O) groups excluding carboxylic acids is 1. The van der Waals surface area contributed by atoms with E-state index in [0.717, 1.165) is 19.1 Å². The molecule has 3 rings (SSSR count). The summed E-state index contributed by atoms with van der Waals surface area (Å²) in [5, 5.41) is 2.78. The Morgan fingerprint density at radius 2 is 2.17 bits per heavy atom. The largest absolute Gasteiger partial charge is 0.334 e. The second-order valence-corrected chi connectivity index (χ2v) is 8.12. The number of fused-ring (bicyclic) bond motifs is 2. The summed E-state index contributed by atoms with van der Waals surface area (Å²) in [7, 11) is -3.29. The van der Waals surface area contributed by atoms with E-state index in [2.05, 4.69) is 10.0 Å². The van der Waals surface area contributed by atoms with Gasteiger partial charge in [0, 0.05) is 19.1 Å². The van der Waals surface area contributed by atoms with E-state index < -0.39 is 10.0 Å². The Balaban J connectivity index is 1.60. The minimum absolute atomic E-state index is 0.109. The van der Waals surface area contributed by atoms with E-state index in [-0.39, 0.29) is 30.5 Å². The van der Waals surface area contributed by atoms with Gasteiger partial charge in [-0.25, -0.2) is 22.3 Å². The first kappa shape index (κ1) is 16.2. The number of benzene rings is 1. The number of nitrogens with zero attached hydrogens (tertiary/aromatic N) is 1. The third-order valence-electron chi connectivity index (χ3n) is 4.44. The van der Waals surface area contributed by atoms with Gasteiger partial charge in [-0.1, -0.05) is 12.1 Å². The summed E-state index contributed by atoms with van der Waals surface area (Å²) in [6.45, 7) is 0.885. The fraction of sp³-hybridized carbons (Fsp3) is 0.533. The van der Waals surface area contributed by atoms with Crippen LogP contribution < -0.4 is 10.0 Å². The molecule has 126 valence electrons. The third kappa shape index (κ3) is 3.81. The predicted octanol–water partition coefficient (Wildman–Crippen LogP) is 1.05. The molecular weight excluding hydrogens is 321 g/mol. The molecular formula is C15H20FN3O3S. The summed E-state index contributed by atoms with van der Waals surface area (Å²) < 4.78 is 38.6. The van der Waals surface area contributed by atoms with Gasteiger partial charge < -0.3 is 10.2 Å². The molecule has 1 aliphatic carbocycles. The molecule has 2 N–H and O–H groups in total. The first-order valence-corrected chi connectivity index (χ1v) is 9.47. The third-order valence-corrected chi connectivity index (χ3v) is 5.17. The number of halogens is 1. The quantitative estimate of drug-likeness (QED) is 0.859. The number of sulfonamides is 1. The summed E-state index contributed by atoms with van der Waals surface area (Å²) in [6.07, 6.45) is 2.72. The van der Waals surface area contributed by atoms with Gasteiger partial charge in [-0.2, -0.15) is 0 Å². The number of hydrogen-bond acceptors (Lipinski definition) is 3. The number of rotatable bonds is 4. The number of urea groups is 1. The zero-order valence-electron chi connectivity index (χ0n) is 12.8. The lowest BCUT2D eigenvalue weighted by Crippen LogP contribution is -2.54. The van der Waals surface area contributed by atoms with Gasteiger partial charge >= 0.3 is 6.03 Å².